The van der Waals surface area contributed by atoms with Crippen LogP contribution in [0.4, 0.5) is 19.0 Å². The first-order valence-corrected chi connectivity index (χ1v) is 10.6. The molecular weight excluding hydrogens is 423 g/mol. The van der Waals surface area contributed by atoms with E-state index in [1.54, 1.807) is 11.5 Å². The van der Waals surface area contributed by atoms with Gasteiger partial charge in [0.05, 0.1) is 18.2 Å². The second kappa shape index (κ2) is 7.96. The lowest BCUT2D eigenvalue weighted by molar-refractivity contribution is -0.137. The molecule has 32 heavy (non-hydrogen) atoms. The standard InChI is InChI=1S/C21H24F3N7O/c1-13-26-19(30-8-6-29(2)7-9-30)17-20(27-13)31(14-4-10-32-12-14)18(28-17)15-11-25-5-3-16(15)21(22,23)24/h3,5,11,14H,4,6-10,12H2,1-2H3. The summed E-state index contributed by atoms with van der Waals surface area (Å²) in [6, 6.07) is 0.827. The van der Waals surface area contributed by atoms with Crippen LogP contribution < -0.4 is 4.90 Å². The van der Waals surface area contributed by atoms with Crippen LogP contribution in [0.5, 0.6) is 0 Å². The first-order chi connectivity index (χ1) is 15.3. The zero-order chi connectivity index (χ0) is 22.5. The molecule has 170 valence electrons. The smallest absolute Gasteiger partial charge is 0.379 e. The van der Waals surface area contributed by atoms with Crippen LogP contribution in [-0.2, 0) is 10.9 Å². The second-order valence-electron chi connectivity index (χ2n) is 8.30. The summed E-state index contributed by atoms with van der Waals surface area (Å²) in [6.07, 6.45) is -1.48. The Bertz CT molecular complexity index is 1130. The molecule has 11 heteroatoms. The molecular formula is C21H24F3N7O. The summed E-state index contributed by atoms with van der Waals surface area (Å²) in [5, 5.41) is 0. The number of hydrogen-bond donors (Lipinski definition) is 0. The number of imidazole rings is 1. The number of aromatic nitrogens is 5. The molecule has 2 aliphatic heterocycles. The van der Waals surface area contributed by atoms with E-state index < -0.39 is 11.7 Å². The number of likely N-dealkylation sites (N-methyl/N-ethyl adjacent to an activating group) is 1. The number of hydrogen-bond acceptors (Lipinski definition) is 7. The van der Waals surface area contributed by atoms with Crippen molar-refractivity contribution in [2.75, 3.05) is 51.3 Å². The topological polar surface area (TPSA) is 72.2 Å². The number of rotatable bonds is 3. The largest absolute Gasteiger partial charge is 0.417 e. The maximum Gasteiger partial charge on any atom is 0.417 e. The highest BCUT2D eigenvalue weighted by molar-refractivity contribution is 5.87. The van der Waals surface area contributed by atoms with Crippen LogP contribution in [0.1, 0.15) is 23.9 Å². The molecule has 0 spiro atoms. The normalized spacial score (nSPS) is 20.4. The number of anilines is 1. The number of fused-ring (bicyclic) bond motifs is 1. The first-order valence-electron chi connectivity index (χ1n) is 10.6. The van der Waals surface area contributed by atoms with Gasteiger partial charge in [0.2, 0.25) is 0 Å². The zero-order valence-electron chi connectivity index (χ0n) is 17.9. The van der Waals surface area contributed by atoms with Gasteiger partial charge in [-0.05, 0) is 26.5 Å². The van der Waals surface area contributed by atoms with Gasteiger partial charge in [-0.3, -0.25) is 4.98 Å². The minimum absolute atomic E-state index is 0.0631. The first kappa shape index (κ1) is 21.1. The fourth-order valence-corrected chi connectivity index (χ4v) is 4.39. The molecule has 1 unspecified atom stereocenters. The molecule has 5 rings (SSSR count). The van der Waals surface area contributed by atoms with Crippen LogP contribution in [0.15, 0.2) is 18.5 Å². The molecule has 0 saturated carbocycles. The monoisotopic (exact) mass is 447 g/mol. The minimum atomic E-state index is -4.53. The Morgan fingerprint density at radius 3 is 2.56 bits per heavy atom. The molecule has 0 aliphatic carbocycles. The summed E-state index contributed by atoms with van der Waals surface area (Å²) in [6.45, 7) is 6.00. The van der Waals surface area contributed by atoms with Gasteiger partial charge in [0, 0.05) is 50.7 Å². The van der Waals surface area contributed by atoms with Crippen molar-refractivity contribution in [3.63, 3.8) is 0 Å². The van der Waals surface area contributed by atoms with Gasteiger partial charge in [0.15, 0.2) is 17.0 Å². The van der Waals surface area contributed by atoms with E-state index in [2.05, 4.69) is 31.8 Å². The van der Waals surface area contributed by atoms with E-state index in [0.29, 0.717) is 42.4 Å². The molecule has 2 saturated heterocycles. The van der Waals surface area contributed by atoms with E-state index in [1.165, 1.54) is 6.20 Å². The van der Waals surface area contributed by atoms with Gasteiger partial charge in [0.1, 0.15) is 11.6 Å². The zero-order valence-corrected chi connectivity index (χ0v) is 17.9. The van der Waals surface area contributed by atoms with Crippen LogP contribution in [-0.4, -0.2) is 75.8 Å². The summed E-state index contributed by atoms with van der Waals surface area (Å²) in [5.41, 5.74) is 0.216. The van der Waals surface area contributed by atoms with Gasteiger partial charge >= 0.3 is 6.18 Å². The Balaban J connectivity index is 1.75. The number of halogens is 3. The summed E-state index contributed by atoms with van der Waals surface area (Å²) in [4.78, 5) is 22.3. The molecule has 3 aromatic rings. The van der Waals surface area contributed by atoms with E-state index in [-0.39, 0.29) is 17.4 Å². The highest BCUT2D eigenvalue weighted by atomic mass is 19.4. The Hall–Kier alpha value is -2.79. The molecule has 2 aliphatic rings. The molecule has 0 amide bonds. The van der Waals surface area contributed by atoms with Gasteiger partial charge in [-0.15, -0.1) is 0 Å². The molecule has 1 atom stereocenters. The van der Waals surface area contributed by atoms with Gasteiger partial charge in [-0.1, -0.05) is 0 Å². The molecule has 8 nitrogen and oxygen atoms in total. The minimum Gasteiger partial charge on any atom is -0.379 e. The maximum atomic E-state index is 13.8. The highest BCUT2D eigenvalue weighted by Gasteiger charge is 2.37. The average Bonchev–Trinajstić information content (AvgIpc) is 3.40. The Morgan fingerprint density at radius 2 is 1.88 bits per heavy atom. The fraction of sp³-hybridized carbons (Fsp3) is 0.524. The predicted octanol–water partition coefficient (Wildman–Crippen LogP) is 2.93. The summed E-state index contributed by atoms with van der Waals surface area (Å²) >= 11 is 0. The van der Waals surface area contributed by atoms with E-state index in [1.807, 2.05) is 0 Å². The molecule has 3 aromatic heterocycles. The highest BCUT2D eigenvalue weighted by Crippen LogP contribution is 2.40. The average molecular weight is 447 g/mol. The van der Waals surface area contributed by atoms with Gasteiger partial charge in [-0.25, -0.2) is 15.0 Å². The number of aryl methyl sites for hydroxylation is 1. The van der Waals surface area contributed by atoms with E-state index in [0.717, 1.165) is 38.4 Å². The summed E-state index contributed by atoms with van der Waals surface area (Å²) in [7, 11) is 2.06. The summed E-state index contributed by atoms with van der Waals surface area (Å²) in [5.74, 6) is 1.42. The van der Waals surface area contributed by atoms with E-state index in [4.69, 9.17) is 9.72 Å². The third-order valence-electron chi connectivity index (χ3n) is 6.07. The molecule has 5 heterocycles. The molecule has 0 bridgehead atoms. The Morgan fingerprint density at radius 1 is 1.09 bits per heavy atom. The van der Waals surface area contributed by atoms with Crippen LogP contribution >= 0.6 is 0 Å². The van der Waals surface area contributed by atoms with Crippen molar-refractivity contribution in [1.82, 2.24) is 29.4 Å². The third-order valence-corrected chi connectivity index (χ3v) is 6.07. The Labute approximate surface area is 183 Å². The van der Waals surface area contributed by atoms with Crippen molar-refractivity contribution in [2.45, 2.75) is 25.6 Å². The number of nitrogens with zero attached hydrogens (tertiary/aromatic N) is 7. The lowest BCUT2D eigenvalue weighted by atomic mass is 10.1. The van der Waals surface area contributed by atoms with Crippen LogP contribution in [0.3, 0.4) is 0 Å². The quantitative estimate of drug-likeness (QED) is 0.611. The number of ether oxygens (including phenoxy) is 1. The van der Waals surface area contributed by atoms with E-state index in [9.17, 15) is 13.2 Å². The van der Waals surface area contributed by atoms with Crippen molar-refractivity contribution < 1.29 is 17.9 Å². The summed E-state index contributed by atoms with van der Waals surface area (Å²) < 4.78 is 48.9. The SMILES string of the molecule is Cc1nc(N2CCN(C)CC2)c2nc(-c3cnccc3C(F)(F)F)n(C3CCOC3)c2n1. The van der Waals surface area contributed by atoms with Gasteiger partial charge in [-0.2, -0.15) is 13.2 Å². The van der Waals surface area contributed by atoms with Crippen LogP contribution in [0, 0.1) is 6.92 Å². The predicted molar refractivity (Wildman–Crippen MR) is 112 cm³/mol. The van der Waals surface area contributed by atoms with Gasteiger partial charge < -0.3 is 19.1 Å². The second-order valence-corrected chi connectivity index (χ2v) is 8.30. The van der Waals surface area contributed by atoms with Crippen molar-refractivity contribution in [2.24, 2.45) is 0 Å². The fourth-order valence-electron chi connectivity index (χ4n) is 4.39. The number of alkyl halides is 3. The molecule has 2 fully saturated rings. The third kappa shape index (κ3) is 3.69. The van der Waals surface area contributed by atoms with Gasteiger partial charge in [0.25, 0.3) is 0 Å². The molecule has 0 N–H and O–H groups in total. The van der Waals surface area contributed by atoms with Crippen molar-refractivity contribution in [3.05, 3.63) is 29.8 Å². The van der Waals surface area contributed by atoms with Crippen molar-refractivity contribution in [1.29, 1.82) is 0 Å². The lowest BCUT2D eigenvalue weighted by Crippen LogP contribution is -2.45. The van der Waals surface area contributed by atoms with Crippen molar-refractivity contribution >= 4 is 17.0 Å². The van der Waals surface area contributed by atoms with E-state index >= 15 is 0 Å². The maximum absolute atomic E-state index is 13.8. The lowest BCUT2D eigenvalue weighted by Gasteiger charge is -2.33. The Kier molecular flexibility index (Phi) is 5.25. The number of piperazine rings is 1. The van der Waals surface area contributed by atoms with Crippen molar-refractivity contribution in [3.8, 4) is 11.4 Å². The number of pyridine rings is 1. The van der Waals surface area contributed by atoms with Crippen LogP contribution in [0.25, 0.3) is 22.6 Å². The molecule has 0 radical (unpaired) electrons. The molecule has 0 aromatic carbocycles. The van der Waals surface area contributed by atoms with Crippen LogP contribution in [0.2, 0.25) is 0 Å².